The minimum atomic E-state index is -0.165. The lowest BCUT2D eigenvalue weighted by Gasteiger charge is -2.24. The molecule has 2 heterocycles. The van der Waals surface area contributed by atoms with Gasteiger partial charge in [0.2, 0.25) is 11.8 Å². The van der Waals surface area contributed by atoms with E-state index in [4.69, 9.17) is 9.47 Å². The number of benzene rings is 2. The third-order valence-corrected chi connectivity index (χ3v) is 5.76. The van der Waals surface area contributed by atoms with Gasteiger partial charge < -0.3 is 19.7 Å². The molecular weight excluding hydrogens is 434 g/mol. The third kappa shape index (κ3) is 5.84. The molecule has 1 aliphatic rings. The van der Waals surface area contributed by atoms with Gasteiger partial charge in [-0.15, -0.1) is 5.10 Å². The number of aromatic nitrogens is 3. The van der Waals surface area contributed by atoms with Crippen LogP contribution in [-0.4, -0.2) is 58.0 Å². The van der Waals surface area contributed by atoms with Gasteiger partial charge in [-0.25, -0.2) is 4.68 Å². The first-order chi connectivity index (χ1) is 16.7. The van der Waals surface area contributed by atoms with Crippen LogP contribution in [0.5, 0.6) is 11.5 Å². The molecule has 0 unspecified atom stereocenters. The number of amides is 2. The Balaban J connectivity index is 1.55. The second-order valence-electron chi connectivity index (χ2n) is 8.24. The predicted molar refractivity (Wildman–Crippen MR) is 128 cm³/mol. The van der Waals surface area contributed by atoms with Crippen molar-refractivity contribution in [2.75, 3.05) is 26.3 Å². The van der Waals surface area contributed by atoms with Crippen LogP contribution in [0.25, 0.3) is 11.0 Å². The molecule has 9 heteroatoms. The van der Waals surface area contributed by atoms with Crippen LogP contribution >= 0.6 is 0 Å². The molecule has 0 atom stereocenters. The SMILES string of the molecule is CCOc1cccc2c1OCCCCCNC(=O)CN(C(=O)CCn1nnc3ccccc31)C2. The molecular formula is C25H31N5O4. The number of carbonyl (C=O) groups is 2. The van der Waals surface area contributed by atoms with Crippen LogP contribution in [0.1, 0.15) is 38.2 Å². The Labute approximate surface area is 199 Å². The van der Waals surface area contributed by atoms with Crippen LogP contribution in [-0.2, 0) is 22.7 Å². The molecule has 0 bridgehead atoms. The number of carbonyl (C=O) groups excluding carboxylic acids is 2. The highest BCUT2D eigenvalue weighted by atomic mass is 16.5. The van der Waals surface area contributed by atoms with E-state index < -0.39 is 0 Å². The van der Waals surface area contributed by atoms with Gasteiger partial charge in [-0.1, -0.05) is 29.5 Å². The second kappa shape index (κ2) is 11.5. The average Bonchev–Trinajstić information content (AvgIpc) is 3.26. The summed E-state index contributed by atoms with van der Waals surface area (Å²) in [6.45, 7) is 4.18. The zero-order chi connectivity index (χ0) is 23.8. The molecule has 0 saturated carbocycles. The molecule has 0 radical (unpaired) electrons. The number of ether oxygens (including phenoxy) is 2. The summed E-state index contributed by atoms with van der Waals surface area (Å²) in [7, 11) is 0. The largest absolute Gasteiger partial charge is 0.490 e. The zero-order valence-corrected chi connectivity index (χ0v) is 19.5. The number of hydrogen-bond acceptors (Lipinski definition) is 6. The summed E-state index contributed by atoms with van der Waals surface area (Å²) < 4.78 is 13.6. The van der Waals surface area contributed by atoms with Gasteiger partial charge in [0.1, 0.15) is 5.52 Å². The molecule has 0 aliphatic carbocycles. The van der Waals surface area contributed by atoms with Crippen LogP contribution in [0, 0.1) is 0 Å². The van der Waals surface area contributed by atoms with Crippen LogP contribution in [0.15, 0.2) is 42.5 Å². The van der Waals surface area contributed by atoms with Crippen molar-refractivity contribution in [2.45, 2.75) is 45.7 Å². The maximum absolute atomic E-state index is 13.3. The van der Waals surface area contributed by atoms with Gasteiger partial charge in [0.15, 0.2) is 11.5 Å². The number of nitrogens with one attached hydrogen (secondary N) is 1. The number of fused-ring (bicyclic) bond motifs is 2. The van der Waals surface area contributed by atoms with Gasteiger partial charge in [0.25, 0.3) is 0 Å². The molecule has 4 rings (SSSR count). The van der Waals surface area contributed by atoms with E-state index in [1.807, 2.05) is 49.4 Å². The molecule has 34 heavy (non-hydrogen) atoms. The summed E-state index contributed by atoms with van der Waals surface area (Å²) in [5.74, 6) is 0.990. The number of rotatable bonds is 5. The fraction of sp³-hybridized carbons (Fsp3) is 0.440. The van der Waals surface area contributed by atoms with Crippen molar-refractivity contribution >= 4 is 22.8 Å². The van der Waals surface area contributed by atoms with Crippen molar-refractivity contribution in [3.8, 4) is 11.5 Å². The summed E-state index contributed by atoms with van der Waals surface area (Å²) in [5, 5.41) is 11.2. The van der Waals surface area contributed by atoms with Gasteiger partial charge in [-0.2, -0.15) is 0 Å². The summed E-state index contributed by atoms with van der Waals surface area (Å²) in [5.41, 5.74) is 2.47. The maximum atomic E-state index is 13.3. The lowest BCUT2D eigenvalue weighted by Crippen LogP contribution is -2.41. The molecule has 2 amide bonds. The summed E-state index contributed by atoms with van der Waals surface area (Å²) in [6.07, 6.45) is 2.88. The molecule has 0 fully saturated rings. The molecule has 1 aliphatic heterocycles. The Morgan fingerprint density at radius 2 is 2.00 bits per heavy atom. The van der Waals surface area contributed by atoms with Crippen LogP contribution in [0.4, 0.5) is 0 Å². The smallest absolute Gasteiger partial charge is 0.239 e. The highest BCUT2D eigenvalue weighted by Gasteiger charge is 2.22. The Morgan fingerprint density at radius 3 is 2.88 bits per heavy atom. The van der Waals surface area contributed by atoms with Gasteiger partial charge in [0, 0.05) is 18.5 Å². The van der Waals surface area contributed by atoms with Crippen LogP contribution in [0.3, 0.4) is 0 Å². The molecule has 0 spiro atoms. The van der Waals surface area contributed by atoms with E-state index in [0.29, 0.717) is 37.8 Å². The number of nitrogens with zero attached hydrogens (tertiary/aromatic N) is 4. The van der Waals surface area contributed by atoms with E-state index in [0.717, 1.165) is 35.9 Å². The van der Waals surface area contributed by atoms with Crippen molar-refractivity contribution < 1.29 is 19.1 Å². The normalized spacial score (nSPS) is 15.3. The van der Waals surface area contributed by atoms with Crippen molar-refractivity contribution in [1.29, 1.82) is 0 Å². The molecule has 1 aromatic heterocycles. The Kier molecular flexibility index (Phi) is 7.95. The van der Waals surface area contributed by atoms with Crippen molar-refractivity contribution in [1.82, 2.24) is 25.2 Å². The first kappa shape index (κ1) is 23.5. The molecule has 3 aromatic rings. The van der Waals surface area contributed by atoms with Crippen molar-refractivity contribution in [2.24, 2.45) is 0 Å². The maximum Gasteiger partial charge on any atom is 0.239 e. The van der Waals surface area contributed by atoms with Gasteiger partial charge in [0.05, 0.1) is 38.4 Å². The second-order valence-corrected chi connectivity index (χ2v) is 8.24. The molecule has 0 saturated heterocycles. The van der Waals surface area contributed by atoms with E-state index in [-0.39, 0.29) is 31.3 Å². The van der Waals surface area contributed by atoms with Gasteiger partial charge in [-0.3, -0.25) is 9.59 Å². The van der Waals surface area contributed by atoms with E-state index in [2.05, 4.69) is 15.6 Å². The third-order valence-electron chi connectivity index (χ3n) is 5.76. The first-order valence-corrected chi connectivity index (χ1v) is 11.9. The Hall–Kier alpha value is -3.62. The van der Waals surface area contributed by atoms with E-state index in [9.17, 15) is 9.59 Å². The minimum absolute atomic E-state index is 0.0186. The number of aryl methyl sites for hydroxylation is 1. The monoisotopic (exact) mass is 465 g/mol. The molecule has 1 N–H and O–H groups in total. The molecule has 9 nitrogen and oxygen atoms in total. The standard InChI is InChI=1S/C25H31N5O4/c1-2-33-22-12-8-9-19-17-29(18-23(31)26-14-6-3-7-16-34-25(19)22)24(32)13-15-30-21-11-5-4-10-20(21)27-28-30/h4-5,8-12H,2-3,6-7,13-18H2,1H3,(H,26,31). The number of para-hydroxylation sites is 2. The minimum Gasteiger partial charge on any atom is -0.490 e. The van der Waals surface area contributed by atoms with Crippen molar-refractivity contribution in [3.05, 3.63) is 48.0 Å². The Bertz CT molecular complexity index is 1130. The fourth-order valence-electron chi connectivity index (χ4n) is 4.03. The van der Waals surface area contributed by atoms with Crippen LogP contribution < -0.4 is 14.8 Å². The van der Waals surface area contributed by atoms with Gasteiger partial charge in [-0.05, 0) is 44.4 Å². The zero-order valence-electron chi connectivity index (χ0n) is 19.5. The summed E-state index contributed by atoms with van der Waals surface area (Å²) >= 11 is 0. The predicted octanol–water partition coefficient (Wildman–Crippen LogP) is 2.93. The average molecular weight is 466 g/mol. The summed E-state index contributed by atoms with van der Waals surface area (Å²) in [6, 6.07) is 13.3. The molecule has 2 aromatic carbocycles. The highest BCUT2D eigenvalue weighted by molar-refractivity contribution is 5.85. The topological polar surface area (TPSA) is 98.6 Å². The Morgan fingerprint density at radius 1 is 1.12 bits per heavy atom. The van der Waals surface area contributed by atoms with E-state index in [1.54, 1.807) is 9.58 Å². The van der Waals surface area contributed by atoms with Gasteiger partial charge >= 0.3 is 0 Å². The van der Waals surface area contributed by atoms with Crippen LogP contribution in [0.2, 0.25) is 0 Å². The molecule has 180 valence electrons. The fourth-order valence-corrected chi connectivity index (χ4v) is 4.03. The number of hydrogen-bond donors (Lipinski definition) is 1. The highest BCUT2D eigenvalue weighted by Crippen LogP contribution is 2.33. The lowest BCUT2D eigenvalue weighted by atomic mass is 10.1. The van der Waals surface area contributed by atoms with E-state index >= 15 is 0 Å². The summed E-state index contributed by atoms with van der Waals surface area (Å²) in [4.78, 5) is 27.5. The quantitative estimate of drug-likeness (QED) is 0.622. The lowest BCUT2D eigenvalue weighted by molar-refractivity contribution is -0.136. The first-order valence-electron chi connectivity index (χ1n) is 11.9. The van der Waals surface area contributed by atoms with E-state index in [1.165, 1.54) is 0 Å². The van der Waals surface area contributed by atoms with Crippen molar-refractivity contribution in [3.63, 3.8) is 0 Å².